The Balaban J connectivity index is 2.04. The first-order valence-electron chi connectivity index (χ1n) is 7.78. The fourth-order valence-electron chi connectivity index (χ4n) is 2.76. The predicted octanol–water partition coefficient (Wildman–Crippen LogP) is 2.25. The second kappa shape index (κ2) is 6.92. The summed E-state index contributed by atoms with van der Waals surface area (Å²) in [5.41, 5.74) is 2.83. The zero-order valence-electron chi connectivity index (χ0n) is 14.0. The van der Waals surface area contributed by atoms with Crippen molar-refractivity contribution in [1.29, 1.82) is 0 Å². The predicted molar refractivity (Wildman–Crippen MR) is 88.2 cm³/mol. The number of allylic oxidation sites excluding steroid dienone is 1. The minimum Gasteiger partial charge on any atom is -0.464 e. The number of methoxy groups -OCH3 is 2. The van der Waals surface area contributed by atoms with Crippen molar-refractivity contribution in [2.24, 2.45) is 7.05 Å². The lowest BCUT2D eigenvalue weighted by Crippen LogP contribution is -2.14. The summed E-state index contributed by atoms with van der Waals surface area (Å²) in [6.45, 7) is 0. The number of aromatic nitrogens is 4. The molecule has 1 atom stereocenters. The molecule has 7 heteroatoms. The molecule has 1 aliphatic rings. The summed E-state index contributed by atoms with van der Waals surface area (Å²) in [5, 5.41) is 0. The van der Waals surface area contributed by atoms with Crippen molar-refractivity contribution in [3.05, 3.63) is 36.1 Å². The minimum absolute atomic E-state index is 0.243. The van der Waals surface area contributed by atoms with Gasteiger partial charge < -0.3 is 14.0 Å². The van der Waals surface area contributed by atoms with Gasteiger partial charge in [0, 0.05) is 14.2 Å². The van der Waals surface area contributed by atoms with Gasteiger partial charge in [-0.3, -0.25) is 0 Å². The highest BCUT2D eigenvalue weighted by Crippen LogP contribution is 2.28. The van der Waals surface area contributed by atoms with E-state index in [0.29, 0.717) is 5.82 Å². The Morgan fingerprint density at radius 2 is 2.17 bits per heavy atom. The van der Waals surface area contributed by atoms with E-state index in [1.165, 1.54) is 7.11 Å². The average molecular weight is 328 g/mol. The third-order valence-corrected chi connectivity index (χ3v) is 4.19. The van der Waals surface area contributed by atoms with Crippen LogP contribution in [0.25, 0.3) is 17.1 Å². The van der Waals surface area contributed by atoms with Crippen LogP contribution in [0, 0.1) is 0 Å². The highest BCUT2D eigenvalue weighted by atomic mass is 16.5. The molecule has 0 radical (unpaired) electrons. The average Bonchev–Trinajstić information content (AvgIpc) is 3.06. The van der Waals surface area contributed by atoms with Crippen LogP contribution in [0.3, 0.4) is 0 Å². The second-order valence-electron chi connectivity index (χ2n) is 5.70. The summed E-state index contributed by atoms with van der Waals surface area (Å²) in [6, 6.07) is 1.69. The van der Waals surface area contributed by atoms with E-state index in [1.54, 1.807) is 25.7 Å². The first-order chi connectivity index (χ1) is 11.6. The molecule has 0 N–H and O–H groups in total. The standard InChI is InChI=1S/C17H20N4O3/c1-21-10-18-9-15(21)16-19-13(8-14(20-16)17(22)24-3)11-4-6-12(23-2)7-5-11/h4,8-10,12H,5-7H2,1-3H3. The molecule has 0 fully saturated rings. The van der Waals surface area contributed by atoms with Crippen molar-refractivity contribution in [3.63, 3.8) is 0 Å². The molecule has 0 saturated carbocycles. The minimum atomic E-state index is -0.478. The van der Waals surface area contributed by atoms with Crippen LogP contribution >= 0.6 is 0 Å². The summed E-state index contributed by atoms with van der Waals surface area (Å²) in [7, 11) is 4.93. The largest absolute Gasteiger partial charge is 0.464 e. The Bertz CT molecular complexity index is 782. The molecule has 2 aromatic rings. The maximum absolute atomic E-state index is 12.0. The quantitative estimate of drug-likeness (QED) is 0.801. The van der Waals surface area contributed by atoms with Gasteiger partial charge in [-0.05, 0) is 30.9 Å². The zero-order chi connectivity index (χ0) is 17.1. The lowest BCUT2D eigenvalue weighted by Gasteiger charge is -2.20. The van der Waals surface area contributed by atoms with E-state index in [0.717, 1.165) is 36.2 Å². The molecule has 0 amide bonds. The van der Waals surface area contributed by atoms with Gasteiger partial charge in [0.05, 0.1) is 31.4 Å². The lowest BCUT2D eigenvalue weighted by molar-refractivity contribution is 0.0594. The van der Waals surface area contributed by atoms with E-state index < -0.39 is 5.97 Å². The van der Waals surface area contributed by atoms with Gasteiger partial charge in [-0.2, -0.15) is 0 Å². The summed E-state index contributed by atoms with van der Waals surface area (Å²) >= 11 is 0. The molecule has 0 bridgehead atoms. The van der Waals surface area contributed by atoms with Crippen LogP contribution in [-0.4, -0.2) is 45.8 Å². The molecule has 1 aliphatic carbocycles. The van der Waals surface area contributed by atoms with Crippen LogP contribution in [-0.2, 0) is 16.5 Å². The SMILES string of the molecule is COC(=O)c1cc(C2=CCC(OC)CC2)nc(-c2cncn2C)n1. The lowest BCUT2D eigenvalue weighted by atomic mass is 9.94. The van der Waals surface area contributed by atoms with Gasteiger partial charge in [0.2, 0.25) is 0 Å². The molecule has 0 aliphatic heterocycles. The Kier molecular flexibility index (Phi) is 4.71. The molecule has 0 saturated heterocycles. The summed E-state index contributed by atoms with van der Waals surface area (Å²) in [6.07, 6.45) is 8.33. The Morgan fingerprint density at radius 3 is 2.75 bits per heavy atom. The number of nitrogens with zero attached hydrogens (tertiary/aromatic N) is 4. The molecule has 24 heavy (non-hydrogen) atoms. The number of ether oxygens (including phenoxy) is 2. The molecule has 3 rings (SSSR count). The number of carbonyl (C=O) groups excluding carboxylic acids is 1. The fraction of sp³-hybridized carbons (Fsp3) is 0.412. The fourth-order valence-corrected chi connectivity index (χ4v) is 2.76. The number of carbonyl (C=O) groups is 1. The monoisotopic (exact) mass is 328 g/mol. The van der Waals surface area contributed by atoms with Gasteiger partial charge in [0.25, 0.3) is 0 Å². The van der Waals surface area contributed by atoms with Gasteiger partial charge in [-0.25, -0.2) is 19.7 Å². The number of rotatable bonds is 4. The van der Waals surface area contributed by atoms with Crippen LogP contribution in [0.1, 0.15) is 35.4 Å². The van der Waals surface area contributed by atoms with Gasteiger partial charge in [-0.1, -0.05) is 6.08 Å². The zero-order valence-corrected chi connectivity index (χ0v) is 14.0. The highest BCUT2D eigenvalue weighted by molar-refractivity contribution is 5.88. The highest BCUT2D eigenvalue weighted by Gasteiger charge is 2.20. The number of hydrogen-bond donors (Lipinski definition) is 0. The van der Waals surface area contributed by atoms with Crippen molar-refractivity contribution < 1.29 is 14.3 Å². The van der Waals surface area contributed by atoms with Gasteiger partial charge in [0.1, 0.15) is 5.69 Å². The topological polar surface area (TPSA) is 79.1 Å². The van der Waals surface area contributed by atoms with Crippen LogP contribution < -0.4 is 0 Å². The number of aryl methyl sites for hydroxylation is 1. The number of esters is 1. The van der Waals surface area contributed by atoms with E-state index in [-0.39, 0.29) is 11.8 Å². The Labute approximate surface area is 140 Å². The summed E-state index contributed by atoms with van der Waals surface area (Å²) < 4.78 is 12.0. The van der Waals surface area contributed by atoms with Crippen LogP contribution in [0.4, 0.5) is 0 Å². The molecule has 2 aromatic heterocycles. The van der Waals surface area contributed by atoms with Crippen molar-refractivity contribution in [2.75, 3.05) is 14.2 Å². The molecular weight excluding hydrogens is 308 g/mol. The Morgan fingerprint density at radius 1 is 1.33 bits per heavy atom. The van der Waals surface area contributed by atoms with Crippen molar-refractivity contribution in [3.8, 4) is 11.5 Å². The van der Waals surface area contributed by atoms with Crippen LogP contribution in [0.2, 0.25) is 0 Å². The third kappa shape index (κ3) is 3.21. The summed E-state index contributed by atoms with van der Waals surface area (Å²) in [4.78, 5) is 25.0. The number of imidazole rings is 1. The normalized spacial score (nSPS) is 17.5. The Hall–Kier alpha value is -2.54. The van der Waals surface area contributed by atoms with Gasteiger partial charge in [-0.15, -0.1) is 0 Å². The summed E-state index contributed by atoms with van der Waals surface area (Å²) in [5.74, 6) is -0.0177. The first kappa shape index (κ1) is 16.3. The third-order valence-electron chi connectivity index (χ3n) is 4.19. The van der Waals surface area contributed by atoms with E-state index in [1.807, 2.05) is 11.6 Å². The van der Waals surface area contributed by atoms with Gasteiger partial charge in [0.15, 0.2) is 11.5 Å². The molecule has 1 unspecified atom stereocenters. The maximum Gasteiger partial charge on any atom is 0.356 e. The van der Waals surface area contributed by atoms with E-state index in [4.69, 9.17) is 9.47 Å². The maximum atomic E-state index is 12.0. The second-order valence-corrected chi connectivity index (χ2v) is 5.70. The van der Waals surface area contributed by atoms with Crippen molar-refractivity contribution >= 4 is 11.5 Å². The molecule has 2 heterocycles. The first-order valence-corrected chi connectivity index (χ1v) is 7.78. The van der Waals surface area contributed by atoms with Gasteiger partial charge >= 0.3 is 5.97 Å². The van der Waals surface area contributed by atoms with E-state index >= 15 is 0 Å². The number of hydrogen-bond acceptors (Lipinski definition) is 6. The van der Waals surface area contributed by atoms with Crippen molar-refractivity contribution in [2.45, 2.75) is 25.4 Å². The smallest absolute Gasteiger partial charge is 0.356 e. The molecular formula is C17H20N4O3. The van der Waals surface area contributed by atoms with Crippen molar-refractivity contribution in [1.82, 2.24) is 19.5 Å². The van der Waals surface area contributed by atoms with E-state index in [2.05, 4.69) is 21.0 Å². The molecule has 0 spiro atoms. The molecule has 126 valence electrons. The van der Waals surface area contributed by atoms with E-state index in [9.17, 15) is 4.79 Å². The van der Waals surface area contributed by atoms with Crippen LogP contribution in [0.5, 0.6) is 0 Å². The molecule has 7 nitrogen and oxygen atoms in total. The van der Waals surface area contributed by atoms with Crippen LogP contribution in [0.15, 0.2) is 24.7 Å². The molecule has 0 aromatic carbocycles.